The maximum absolute atomic E-state index is 5.08. The van der Waals surface area contributed by atoms with Crippen LogP contribution in [0, 0.1) is 0 Å². The largest absolute Gasteiger partial charge is 0.435 e. The molecule has 0 aliphatic carbocycles. The van der Waals surface area contributed by atoms with E-state index < -0.39 is 0 Å². The zero-order valence-electron chi connectivity index (χ0n) is 30.4. The van der Waals surface area contributed by atoms with Crippen LogP contribution in [0.3, 0.4) is 0 Å². The SMILES string of the molecule is c1ccc(C2=NC(c3ccc(-c4cccc5cccc(-c6ccc(-c7nc(-c8ccccc8)c(-c8ccccc8)[n-]7)cc6)c45)cc3)=[N+]=C2c2ccccc2)cc1. The van der Waals surface area contributed by atoms with E-state index in [1.807, 2.05) is 72.8 Å². The van der Waals surface area contributed by atoms with E-state index in [-0.39, 0.29) is 0 Å². The van der Waals surface area contributed by atoms with Crippen molar-refractivity contribution >= 4 is 28.0 Å². The Bertz CT molecular complexity index is 2880. The van der Waals surface area contributed by atoms with Crippen LogP contribution in [0.25, 0.3) is 66.9 Å². The number of benzene rings is 8. The van der Waals surface area contributed by atoms with Gasteiger partial charge in [-0.15, -0.1) is 0 Å². The molecule has 2 heterocycles. The van der Waals surface area contributed by atoms with Gasteiger partial charge in [0.05, 0.1) is 5.56 Å². The first-order chi connectivity index (χ1) is 27.8. The van der Waals surface area contributed by atoms with Gasteiger partial charge in [0, 0.05) is 11.1 Å². The van der Waals surface area contributed by atoms with E-state index in [2.05, 4.69) is 133 Å². The lowest BCUT2D eigenvalue weighted by molar-refractivity contribution is 1.29. The molecule has 0 bridgehead atoms. The molecule has 0 radical (unpaired) electrons. The van der Waals surface area contributed by atoms with Crippen molar-refractivity contribution in [3.8, 4) is 56.2 Å². The summed E-state index contributed by atoms with van der Waals surface area (Å²) >= 11 is 0. The highest BCUT2D eigenvalue weighted by atomic mass is 14.9. The zero-order chi connectivity index (χ0) is 37.3. The molecule has 0 unspecified atom stereocenters. The lowest BCUT2D eigenvalue weighted by Crippen LogP contribution is -2.16. The minimum atomic E-state index is 0.716. The van der Waals surface area contributed by atoms with Crippen LogP contribution in [0.15, 0.2) is 211 Å². The summed E-state index contributed by atoms with van der Waals surface area (Å²) in [4.78, 5) is 15.2. The first-order valence-electron chi connectivity index (χ1n) is 18.8. The fourth-order valence-electron chi connectivity index (χ4n) is 7.55. The van der Waals surface area contributed by atoms with Crippen molar-refractivity contribution in [2.75, 3.05) is 0 Å². The third-order valence-corrected chi connectivity index (χ3v) is 10.3. The number of amidine groups is 1. The summed E-state index contributed by atoms with van der Waals surface area (Å²) in [6, 6.07) is 71.5. The summed E-state index contributed by atoms with van der Waals surface area (Å²) in [6.45, 7) is 0. The van der Waals surface area contributed by atoms with Gasteiger partial charge in [0.1, 0.15) is 0 Å². The summed E-state index contributed by atoms with van der Waals surface area (Å²) < 4.78 is 5.08. The summed E-state index contributed by atoms with van der Waals surface area (Å²) in [5.74, 6) is 1.43. The molecule has 0 saturated heterocycles. The first-order valence-corrected chi connectivity index (χ1v) is 18.8. The summed E-state index contributed by atoms with van der Waals surface area (Å²) in [5, 5.41) is 2.40. The molecule has 0 saturated carbocycles. The van der Waals surface area contributed by atoms with E-state index in [0.29, 0.717) is 11.7 Å². The Kier molecular flexibility index (Phi) is 8.41. The van der Waals surface area contributed by atoms with Crippen molar-refractivity contribution in [2.24, 2.45) is 4.99 Å². The molecule has 262 valence electrons. The van der Waals surface area contributed by atoms with Crippen LogP contribution in [0.2, 0.25) is 0 Å². The molecule has 0 amide bonds. The third-order valence-electron chi connectivity index (χ3n) is 10.3. The number of fused-ring (bicyclic) bond motifs is 1. The molecule has 8 aromatic carbocycles. The predicted molar refractivity (Wildman–Crippen MR) is 232 cm³/mol. The highest BCUT2D eigenvalue weighted by Gasteiger charge is 2.32. The maximum atomic E-state index is 5.08. The van der Waals surface area contributed by atoms with Crippen LogP contribution in [0.1, 0.15) is 16.7 Å². The predicted octanol–water partition coefficient (Wildman–Crippen LogP) is 11.3. The van der Waals surface area contributed by atoms with E-state index in [4.69, 9.17) is 19.6 Å². The fraction of sp³-hybridized carbons (Fsp3) is 0. The Morgan fingerprint density at radius 2 is 0.857 bits per heavy atom. The normalized spacial score (nSPS) is 12.3. The molecule has 0 fully saturated rings. The van der Waals surface area contributed by atoms with Crippen molar-refractivity contribution in [1.29, 1.82) is 0 Å². The average molecular weight is 715 g/mol. The minimum absolute atomic E-state index is 0.716. The maximum Gasteiger partial charge on any atom is 0.423 e. The fourth-order valence-corrected chi connectivity index (χ4v) is 7.55. The van der Waals surface area contributed by atoms with Gasteiger partial charge in [0.15, 0.2) is 0 Å². The summed E-state index contributed by atoms with van der Waals surface area (Å²) in [7, 11) is 0. The van der Waals surface area contributed by atoms with Crippen molar-refractivity contribution in [1.82, 2.24) is 14.6 Å². The number of rotatable bonds is 8. The quantitative estimate of drug-likeness (QED) is 0.147. The minimum Gasteiger partial charge on any atom is -0.435 e. The van der Waals surface area contributed by atoms with Crippen molar-refractivity contribution in [3.05, 3.63) is 223 Å². The second-order valence-electron chi connectivity index (χ2n) is 13.8. The van der Waals surface area contributed by atoms with Gasteiger partial charge in [0.2, 0.25) is 5.71 Å². The standard InChI is InChI=1S/C52H34N4/c1-5-15-38(16-6-1)47-48(39-17-7-2-8-18-39)54-51(53-47)42-31-27-35(28-32-42)44-25-13-23-37-24-14-26-45(46(37)44)36-29-33-43(34-30-36)52-55-49(40-19-9-3-10-20-40)50(56-52)41-21-11-4-12-22-41/h1-34H. The zero-order valence-corrected chi connectivity index (χ0v) is 30.4. The number of aliphatic imine (C=N–C) groups is 1. The van der Waals surface area contributed by atoms with Gasteiger partial charge in [-0.3, -0.25) is 0 Å². The highest BCUT2D eigenvalue weighted by molar-refractivity contribution is 6.56. The topological polar surface area (TPSA) is 53.5 Å². The van der Waals surface area contributed by atoms with Gasteiger partial charge < -0.3 is 9.97 Å². The Balaban J connectivity index is 1.00. The van der Waals surface area contributed by atoms with Gasteiger partial charge >= 0.3 is 5.84 Å². The van der Waals surface area contributed by atoms with E-state index in [1.54, 1.807) is 0 Å². The molecular weight excluding hydrogens is 681 g/mol. The Morgan fingerprint density at radius 1 is 0.375 bits per heavy atom. The second-order valence-corrected chi connectivity index (χ2v) is 13.8. The molecular formula is C52H34N4. The molecule has 1 aliphatic heterocycles. The van der Waals surface area contributed by atoms with Gasteiger partial charge in [-0.25, -0.2) is 0 Å². The highest BCUT2D eigenvalue weighted by Crippen LogP contribution is 2.38. The van der Waals surface area contributed by atoms with Crippen molar-refractivity contribution in [3.63, 3.8) is 0 Å². The van der Waals surface area contributed by atoms with Crippen LogP contribution in [0.5, 0.6) is 0 Å². The van der Waals surface area contributed by atoms with Crippen molar-refractivity contribution < 1.29 is 0 Å². The molecule has 9 aromatic rings. The molecule has 4 nitrogen and oxygen atoms in total. The molecule has 0 atom stereocenters. The van der Waals surface area contributed by atoms with Crippen LogP contribution in [0.4, 0.5) is 0 Å². The van der Waals surface area contributed by atoms with Gasteiger partial charge in [-0.2, -0.15) is 4.67 Å². The average Bonchev–Trinajstić information content (AvgIpc) is 3.94. The van der Waals surface area contributed by atoms with Crippen LogP contribution >= 0.6 is 0 Å². The Morgan fingerprint density at radius 3 is 1.43 bits per heavy atom. The van der Waals surface area contributed by atoms with E-state index in [9.17, 15) is 0 Å². The number of hydrogen-bond acceptors (Lipinski definition) is 2. The number of nitrogens with zero attached hydrogens (tertiary/aromatic N) is 4. The molecule has 1 aromatic heterocycles. The number of imidazole rings is 1. The van der Waals surface area contributed by atoms with E-state index >= 15 is 0 Å². The molecule has 0 spiro atoms. The second kappa shape index (κ2) is 14.3. The lowest BCUT2D eigenvalue weighted by Gasteiger charge is -2.13. The van der Waals surface area contributed by atoms with Gasteiger partial charge in [0.25, 0.3) is 5.71 Å². The number of aromatic nitrogens is 2. The van der Waals surface area contributed by atoms with Gasteiger partial charge in [-0.1, -0.05) is 188 Å². The molecule has 1 aliphatic rings. The van der Waals surface area contributed by atoms with E-state index in [1.165, 1.54) is 21.9 Å². The smallest absolute Gasteiger partial charge is 0.423 e. The Labute approximate surface area is 325 Å². The van der Waals surface area contributed by atoms with Crippen molar-refractivity contribution in [2.45, 2.75) is 0 Å². The first kappa shape index (κ1) is 33.0. The molecule has 10 rings (SSSR count). The third kappa shape index (κ3) is 6.16. The summed E-state index contributed by atoms with van der Waals surface area (Å²) in [6.07, 6.45) is 0. The monoisotopic (exact) mass is 714 g/mol. The Hall–Kier alpha value is -7.65. The van der Waals surface area contributed by atoms with Crippen LogP contribution < -0.4 is 9.65 Å². The van der Waals surface area contributed by atoms with Gasteiger partial charge in [-0.05, 0) is 90.4 Å². The van der Waals surface area contributed by atoms with Crippen LogP contribution in [-0.4, -0.2) is 22.2 Å². The number of hydrogen-bond donors (Lipinski definition) is 0. The van der Waals surface area contributed by atoms with E-state index in [0.717, 1.165) is 67.3 Å². The molecule has 4 heteroatoms. The van der Waals surface area contributed by atoms with Crippen LogP contribution in [-0.2, 0) is 0 Å². The lowest BCUT2D eigenvalue weighted by atomic mass is 9.91. The summed E-state index contributed by atoms with van der Waals surface area (Å²) in [5.41, 5.74) is 14.3. The molecule has 56 heavy (non-hydrogen) atoms. The molecule has 0 N–H and O–H groups in total.